The minimum Gasteiger partial charge on any atom is -0.351 e. The summed E-state index contributed by atoms with van der Waals surface area (Å²) in [6.45, 7) is 5.38. The van der Waals surface area contributed by atoms with E-state index >= 15 is 0 Å². The Morgan fingerprint density at radius 1 is 1.11 bits per heavy atom. The van der Waals surface area contributed by atoms with E-state index in [9.17, 15) is 4.79 Å². The summed E-state index contributed by atoms with van der Waals surface area (Å²) in [4.78, 5) is 12.3. The molecule has 4 nitrogen and oxygen atoms in total. The van der Waals surface area contributed by atoms with Crippen molar-refractivity contribution in [3.05, 3.63) is 87.7 Å². The van der Waals surface area contributed by atoms with Gasteiger partial charge in [0.1, 0.15) is 0 Å². The van der Waals surface area contributed by atoms with Gasteiger partial charge in [-0.2, -0.15) is 16.9 Å². The molecule has 1 N–H and O–H groups in total. The molecule has 0 saturated carbocycles. The summed E-state index contributed by atoms with van der Waals surface area (Å²) < 4.78 is 1.97. The lowest BCUT2D eigenvalue weighted by Crippen LogP contribution is -2.25. The Labute approximate surface area is 175 Å². The summed E-state index contributed by atoms with van der Waals surface area (Å²) in [7, 11) is 0. The van der Waals surface area contributed by atoms with Crippen LogP contribution in [0, 0.1) is 13.8 Å². The van der Waals surface area contributed by atoms with Gasteiger partial charge in [-0.1, -0.05) is 35.9 Å². The van der Waals surface area contributed by atoms with E-state index < -0.39 is 0 Å². The van der Waals surface area contributed by atoms with E-state index in [0.29, 0.717) is 18.7 Å². The molecule has 0 radical (unpaired) electrons. The van der Waals surface area contributed by atoms with E-state index in [2.05, 4.69) is 22.5 Å². The zero-order valence-electron chi connectivity index (χ0n) is 16.1. The van der Waals surface area contributed by atoms with Gasteiger partial charge in [-0.25, -0.2) is 0 Å². The highest BCUT2D eigenvalue weighted by molar-refractivity contribution is 7.98. The number of benzene rings is 2. The Hall–Kier alpha value is -2.24. The number of hydrogen-bond acceptors (Lipinski definition) is 3. The van der Waals surface area contributed by atoms with Crippen molar-refractivity contribution in [3.8, 4) is 0 Å². The molecule has 28 heavy (non-hydrogen) atoms. The predicted octanol–water partition coefficient (Wildman–Crippen LogP) is 4.86. The van der Waals surface area contributed by atoms with Gasteiger partial charge in [-0.3, -0.25) is 9.48 Å². The number of carbonyl (C=O) groups excluding carboxylic acids is 1. The molecule has 2 aromatic carbocycles. The number of hydrogen-bond donors (Lipinski definition) is 1. The second kappa shape index (κ2) is 9.80. The molecule has 3 aromatic rings. The largest absolute Gasteiger partial charge is 0.351 e. The zero-order chi connectivity index (χ0) is 19.9. The number of aromatic nitrogens is 2. The summed E-state index contributed by atoms with van der Waals surface area (Å²) in [5, 5.41) is 8.21. The molecule has 0 spiro atoms. The van der Waals surface area contributed by atoms with Gasteiger partial charge in [0.05, 0.1) is 12.2 Å². The van der Waals surface area contributed by atoms with Crippen LogP contribution < -0.4 is 5.32 Å². The molecular weight excluding hydrogens is 390 g/mol. The fraction of sp³-hybridized carbons (Fsp3) is 0.273. The molecule has 0 aliphatic rings. The van der Waals surface area contributed by atoms with Crippen LogP contribution in [0.2, 0.25) is 5.02 Å². The molecule has 6 heteroatoms. The summed E-state index contributed by atoms with van der Waals surface area (Å²) in [6, 6.07) is 17.6. The van der Waals surface area contributed by atoms with Gasteiger partial charge in [-0.15, -0.1) is 0 Å². The number of rotatable bonds is 8. The van der Waals surface area contributed by atoms with Crippen LogP contribution in [0.15, 0.2) is 54.6 Å². The number of halogens is 1. The summed E-state index contributed by atoms with van der Waals surface area (Å²) in [6.07, 6.45) is 0. The van der Waals surface area contributed by atoms with Crippen LogP contribution >= 0.6 is 23.4 Å². The Bertz CT molecular complexity index is 937. The monoisotopic (exact) mass is 413 g/mol. The van der Waals surface area contributed by atoms with Gasteiger partial charge in [0.15, 0.2) is 0 Å². The van der Waals surface area contributed by atoms with Crippen molar-refractivity contribution in [1.29, 1.82) is 0 Å². The fourth-order valence-electron chi connectivity index (χ4n) is 2.93. The Morgan fingerprint density at radius 3 is 2.57 bits per heavy atom. The van der Waals surface area contributed by atoms with Crippen LogP contribution in [0.1, 0.15) is 32.9 Å². The lowest BCUT2D eigenvalue weighted by Gasteiger charge is -2.08. The summed E-state index contributed by atoms with van der Waals surface area (Å²) >= 11 is 7.76. The standard InChI is InChI=1S/C22H24ClN3OS/c1-16-12-17(2)26(25-16)14-18-6-8-20(9-7-18)22(27)24-10-11-28-15-19-4-3-5-21(23)13-19/h3-9,12-13H,10-11,14-15H2,1-2H3,(H,24,27). The van der Waals surface area contributed by atoms with Crippen LogP contribution in [0.3, 0.4) is 0 Å². The van der Waals surface area contributed by atoms with Gasteiger partial charge in [-0.05, 0) is 55.3 Å². The maximum absolute atomic E-state index is 12.3. The Kier molecular flexibility index (Phi) is 7.18. The molecule has 0 bridgehead atoms. The van der Waals surface area contributed by atoms with Gasteiger partial charge < -0.3 is 5.32 Å². The number of nitrogens with zero attached hydrogens (tertiary/aromatic N) is 2. The van der Waals surface area contributed by atoms with Crippen LogP contribution in [0.25, 0.3) is 0 Å². The molecule has 0 aliphatic carbocycles. The molecule has 0 atom stereocenters. The summed E-state index contributed by atoms with van der Waals surface area (Å²) in [5.74, 6) is 1.70. The van der Waals surface area contributed by atoms with E-state index in [4.69, 9.17) is 11.6 Å². The first kappa shape index (κ1) is 20.5. The number of aryl methyl sites for hydroxylation is 2. The number of thioether (sulfide) groups is 1. The second-order valence-electron chi connectivity index (χ2n) is 6.72. The van der Waals surface area contributed by atoms with E-state index in [0.717, 1.165) is 33.5 Å². The zero-order valence-corrected chi connectivity index (χ0v) is 17.7. The molecular formula is C22H24ClN3OS. The normalized spacial score (nSPS) is 10.8. The highest BCUT2D eigenvalue weighted by Gasteiger charge is 2.06. The molecule has 3 rings (SSSR count). The molecule has 0 fully saturated rings. The second-order valence-corrected chi connectivity index (χ2v) is 8.26. The first-order valence-electron chi connectivity index (χ1n) is 9.21. The van der Waals surface area contributed by atoms with E-state index in [1.54, 1.807) is 11.8 Å². The van der Waals surface area contributed by atoms with Crippen molar-refractivity contribution < 1.29 is 4.79 Å². The summed E-state index contributed by atoms with van der Waals surface area (Å²) in [5.41, 5.74) is 5.15. The third-order valence-corrected chi connectivity index (χ3v) is 5.61. The lowest BCUT2D eigenvalue weighted by atomic mass is 10.1. The van der Waals surface area contributed by atoms with Crippen LogP contribution in [0.5, 0.6) is 0 Å². The SMILES string of the molecule is Cc1cc(C)n(Cc2ccc(C(=O)NCCSCc3cccc(Cl)c3)cc2)n1. The minimum absolute atomic E-state index is 0.0407. The van der Waals surface area contributed by atoms with Crippen molar-refractivity contribution in [2.75, 3.05) is 12.3 Å². The minimum atomic E-state index is -0.0407. The first-order valence-corrected chi connectivity index (χ1v) is 10.7. The smallest absolute Gasteiger partial charge is 0.251 e. The molecule has 0 aliphatic heterocycles. The fourth-order valence-corrected chi connectivity index (χ4v) is 3.94. The molecule has 1 heterocycles. The average Bonchev–Trinajstić information content (AvgIpc) is 2.99. The maximum Gasteiger partial charge on any atom is 0.251 e. The number of amides is 1. The number of carbonyl (C=O) groups is 1. The van der Waals surface area contributed by atoms with Crippen molar-refractivity contribution in [2.24, 2.45) is 0 Å². The van der Waals surface area contributed by atoms with E-state index in [1.807, 2.05) is 61.0 Å². The molecule has 0 saturated heterocycles. The van der Waals surface area contributed by atoms with Crippen LogP contribution in [0.4, 0.5) is 0 Å². The van der Waals surface area contributed by atoms with Gasteiger partial charge in [0.2, 0.25) is 0 Å². The molecule has 0 unspecified atom stereocenters. The van der Waals surface area contributed by atoms with Crippen molar-refractivity contribution >= 4 is 29.3 Å². The van der Waals surface area contributed by atoms with Gasteiger partial charge >= 0.3 is 0 Å². The third-order valence-electron chi connectivity index (χ3n) is 4.34. The van der Waals surface area contributed by atoms with Crippen LogP contribution in [-0.4, -0.2) is 28.0 Å². The van der Waals surface area contributed by atoms with Gasteiger partial charge in [0.25, 0.3) is 5.91 Å². The predicted molar refractivity (Wildman–Crippen MR) is 117 cm³/mol. The first-order chi connectivity index (χ1) is 13.5. The van der Waals surface area contributed by atoms with Crippen molar-refractivity contribution in [3.63, 3.8) is 0 Å². The number of nitrogens with one attached hydrogen (secondary N) is 1. The topological polar surface area (TPSA) is 46.9 Å². The highest BCUT2D eigenvalue weighted by atomic mass is 35.5. The molecule has 146 valence electrons. The lowest BCUT2D eigenvalue weighted by molar-refractivity contribution is 0.0956. The molecule has 1 amide bonds. The van der Waals surface area contributed by atoms with Crippen LogP contribution in [-0.2, 0) is 12.3 Å². The van der Waals surface area contributed by atoms with Crippen molar-refractivity contribution in [1.82, 2.24) is 15.1 Å². The average molecular weight is 414 g/mol. The quantitative estimate of drug-likeness (QED) is 0.536. The van der Waals surface area contributed by atoms with Gasteiger partial charge in [0, 0.05) is 34.3 Å². The molecule has 1 aromatic heterocycles. The van der Waals surface area contributed by atoms with E-state index in [-0.39, 0.29) is 5.91 Å². The highest BCUT2D eigenvalue weighted by Crippen LogP contribution is 2.16. The maximum atomic E-state index is 12.3. The Balaban J connectivity index is 1.42. The Morgan fingerprint density at radius 2 is 1.89 bits per heavy atom. The van der Waals surface area contributed by atoms with E-state index in [1.165, 1.54) is 5.56 Å². The van der Waals surface area contributed by atoms with Crippen molar-refractivity contribution in [2.45, 2.75) is 26.1 Å². The third kappa shape index (κ3) is 5.88.